The normalized spacial score (nSPS) is 20.8. The Hall–Kier alpha value is -2.20. The zero-order valence-electron chi connectivity index (χ0n) is 14.3. The number of hydrogen-bond donors (Lipinski definition) is 0. The second-order valence-corrected chi connectivity index (χ2v) is 6.48. The van der Waals surface area contributed by atoms with Gasteiger partial charge in [0.2, 0.25) is 0 Å². The van der Waals surface area contributed by atoms with Gasteiger partial charge in [0.1, 0.15) is 5.69 Å². The Labute approximate surface area is 143 Å². The molecular weight excluding hydrogens is 300 g/mol. The number of amides is 1. The SMILES string of the molecule is CO[C@H]1CCN(C(=O)c2ccc(C)cn2)C[C@@H]1Cc1ccccc1. The fraction of sp³-hybridized carbons (Fsp3) is 0.400. The molecule has 4 nitrogen and oxygen atoms in total. The monoisotopic (exact) mass is 324 g/mol. The van der Waals surface area contributed by atoms with Crippen molar-refractivity contribution in [1.29, 1.82) is 0 Å². The molecule has 0 aliphatic carbocycles. The summed E-state index contributed by atoms with van der Waals surface area (Å²) in [7, 11) is 1.77. The van der Waals surface area contributed by atoms with Gasteiger partial charge in [-0.15, -0.1) is 0 Å². The third-order valence-corrected chi connectivity index (χ3v) is 4.73. The number of pyridine rings is 1. The number of piperidine rings is 1. The first-order valence-electron chi connectivity index (χ1n) is 8.46. The minimum atomic E-state index is 0.0163. The summed E-state index contributed by atoms with van der Waals surface area (Å²) in [5.41, 5.74) is 2.87. The average Bonchev–Trinajstić information content (AvgIpc) is 2.62. The van der Waals surface area contributed by atoms with Crippen molar-refractivity contribution < 1.29 is 9.53 Å². The minimum Gasteiger partial charge on any atom is -0.381 e. The number of carbonyl (C=O) groups excluding carboxylic acids is 1. The van der Waals surface area contributed by atoms with Gasteiger partial charge < -0.3 is 9.64 Å². The van der Waals surface area contributed by atoms with Crippen LogP contribution in [0, 0.1) is 12.8 Å². The molecule has 0 unspecified atom stereocenters. The molecule has 1 aromatic heterocycles. The van der Waals surface area contributed by atoms with E-state index in [1.54, 1.807) is 13.3 Å². The summed E-state index contributed by atoms with van der Waals surface area (Å²) < 4.78 is 5.67. The summed E-state index contributed by atoms with van der Waals surface area (Å²) in [6.07, 6.45) is 3.73. The molecule has 126 valence electrons. The van der Waals surface area contributed by atoms with Gasteiger partial charge >= 0.3 is 0 Å². The summed E-state index contributed by atoms with van der Waals surface area (Å²) in [6.45, 7) is 3.40. The number of methoxy groups -OCH3 is 1. The van der Waals surface area contributed by atoms with E-state index in [0.29, 0.717) is 18.2 Å². The number of benzene rings is 1. The number of carbonyl (C=O) groups is 1. The standard InChI is InChI=1S/C20H24N2O2/c1-15-8-9-18(21-13-15)20(23)22-11-10-19(24-2)17(14-22)12-16-6-4-3-5-7-16/h3-9,13,17,19H,10-12,14H2,1-2H3/t17-,19-/m0/s1. The van der Waals surface area contributed by atoms with Crippen molar-refractivity contribution in [2.75, 3.05) is 20.2 Å². The molecule has 0 N–H and O–H groups in total. The van der Waals surface area contributed by atoms with Crippen LogP contribution in [0.25, 0.3) is 0 Å². The van der Waals surface area contributed by atoms with Gasteiger partial charge in [0.25, 0.3) is 5.91 Å². The third kappa shape index (κ3) is 3.82. The first-order valence-corrected chi connectivity index (χ1v) is 8.46. The van der Waals surface area contributed by atoms with E-state index in [1.807, 2.05) is 30.0 Å². The molecule has 2 heterocycles. The number of ether oxygens (including phenoxy) is 1. The predicted molar refractivity (Wildman–Crippen MR) is 93.9 cm³/mol. The smallest absolute Gasteiger partial charge is 0.272 e. The van der Waals surface area contributed by atoms with Crippen molar-refractivity contribution >= 4 is 5.91 Å². The summed E-state index contributed by atoms with van der Waals surface area (Å²) in [5, 5.41) is 0. The van der Waals surface area contributed by atoms with Gasteiger partial charge in [-0.3, -0.25) is 9.78 Å². The Kier molecular flexibility index (Phi) is 5.26. The van der Waals surface area contributed by atoms with Crippen molar-refractivity contribution in [1.82, 2.24) is 9.88 Å². The Balaban J connectivity index is 1.72. The molecule has 4 heteroatoms. The minimum absolute atomic E-state index is 0.0163. The molecule has 1 fully saturated rings. The van der Waals surface area contributed by atoms with Crippen LogP contribution in [-0.2, 0) is 11.2 Å². The van der Waals surface area contributed by atoms with Gasteiger partial charge in [-0.25, -0.2) is 0 Å². The molecule has 1 amide bonds. The molecular formula is C20H24N2O2. The highest BCUT2D eigenvalue weighted by atomic mass is 16.5. The highest BCUT2D eigenvalue weighted by molar-refractivity contribution is 5.92. The molecule has 1 aromatic carbocycles. The lowest BCUT2D eigenvalue weighted by Gasteiger charge is -2.38. The Morgan fingerprint density at radius 3 is 2.71 bits per heavy atom. The average molecular weight is 324 g/mol. The summed E-state index contributed by atoms with van der Waals surface area (Å²) >= 11 is 0. The molecule has 1 aliphatic rings. The number of aryl methyl sites for hydroxylation is 1. The van der Waals surface area contributed by atoms with E-state index >= 15 is 0 Å². The van der Waals surface area contributed by atoms with Crippen LogP contribution in [0.5, 0.6) is 0 Å². The second kappa shape index (κ2) is 7.58. The van der Waals surface area contributed by atoms with Gasteiger partial charge in [0.05, 0.1) is 6.10 Å². The van der Waals surface area contributed by atoms with Crippen LogP contribution in [0.1, 0.15) is 28.0 Å². The highest BCUT2D eigenvalue weighted by Crippen LogP contribution is 2.24. The molecule has 3 rings (SSSR count). The fourth-order valence-corrected chi connectivity index (χ4v) is 3.37. The van der Waals surface area contributed by atoms with Crippen molar-refractivity contribution in [2.45, 2.75) is 25.9 Å². The van der Waals surface area contributed by atoms with Gasteiger partial charge in [0.15, 0.2) is 0 Å². The molecule has 2 atom stereocenters. The Bertz CT molecular complexity index is 670. The Morgan fingerprint density at radius 2 is 2.04 bits per heavy atom. The summed E-state index contributed by atoms with van der Waals surface area (Å²) in [6, 6.07) is 14.1. The topological polar surface area (TPSA) is 42.4 Å². The molecule has 0 radical (unpaired) electrons. The van der Waals surface area contributed by atoms with Gasteiger partial charge in [-0.1, -0.05) is 36.4 Å². The van der Waals surface area contributed by atoms with E-state index in [9.17, 15) is 4.79 Å². The maximum Gasteiger partial charge on any atom is 0.272 e. The predicted octanol–water partition coefficient (Wildman–Crippen LogP) is 3.11. The van der Waals surface area contributed by atoms with E-state index < -0.39 is 0 Å². The number of nitrogens with zero attached hydrogens (tertiary/aromatic N) is 2. The van der Waals surface area contributed by atoms with Gasteiger partial charge in [0, 0.05) is 32.3 Å². The van der Waals surface area contributed by atoms with Crippen molar-refractivity contribution in [3.63, 3.8) is 0 Å². The van der Waals surface area contributed by atoms with Gasteiger partial charge in [-0.05, 0) is 37.0 Å². The van der Waals surface area contributed by atoms with Crippen LogP contribution < -0.4 is 0 Å². The van der Waals surface area contributed by atoms with Crippen molar-refractivity contribution in [3.8, 4) is 0 Å². The van der Waals surface area contributed by atoms with E-state index in [0.717, 1.165) is 24.9 Å². The Morgan fingerprint density at radius 1 is 1.25 bits per heavy atom. The van der Waals surface area contributed by atoms with E-state index in [1.165, 1.54) is 5.56 Å². The van der Waals surface area contributed by atoms with Crippen LogP contribution in [0.4, 0.5) is 0 Å². The zero-order chi connectivity index (χ0) is 16.9. The number of hydrogen-bond acceptors (Lipinski definition) is 3. The maximum atomic E-state index is 12.7. The quantitative estimate of drug-likeness (QED) is 0.868. The van der Waals surface area contributed by atoms with Crippen LogP contribution >= 0.6 is 0 Å². The van der Waals surface area contributed by atoms with Crippen LogP contribution in [0.2, 0.25) is 0 Å². The molecule has 1 saturated heterocycles. The van der Waals surface area contributed by atoms with E-state index in [-0.39, 0.29) is 12.0 Å². The van der Waals surface area contributed by atoms with Crippen LogP contribution in [0.3, 0.4) is 0 Å². The highest BCUT2D eigenvalue weighted by Gasteiger charge is 2.32. The number of rotatable bonds is 4. The summed E-state index contributed by atoms with van der Waals surface area (Å²) in [4.78, 5) is 18.9. The third-order valence-electron chi connectivity index (χ3n) is 4.73. The largest absolute Gasteiger partial charge is 0.381 e. The zero-order valence-corrected chi connectivity index (χ0v) is 14.3. The molecule has 24 heavy (non-hydrogen) atoms. The maximum absolute atomic E-state index is 12.7. The van der Waals surface area contributed by atoms with E-state index in [4.69, 9.17) is 4.74 Å². The molecule has 1 aliphatic heterocycles. The number of aromatic nitrogens is 1. The molecule has 0 spiro atoms. The lowest BCUT2D eigenvalue weighted by atomic mass is 9.88. The lowest BCUT2D eigenvalue weighted by molar-refractivity contribution is -0.00317. The first-order chi connectivity index (χ1) is 11.7. The van der Waals surface area contributed by atoms with Crippen LogP contribution in [-0.4, -0.2) is 42.1 Å². The van der Waals surface area contributed by atoms with Crippen molar-refractivity contribution in [2.24, 2.45) is 5.92 Å². The second-order valence-electron chi connectivity index (χ2n) is 6.48. The van der Waals surface area contributed by atoms with Crippen molar-refractivity contribution in [3.05, 3.63) is 65.5 Å². The first kappa shape index (κ1) is 16.7. The number of likely N-dealkylation sites (tertiary alicyclic amines) is 1. The summed E-state index contributed by atoms with van der Waals surface area (Å²) in [5.74, 6) is 0.322. The van der Waals surface area contributed by atoms with Gasteiger partial charge in [-0.2, -0.15) is 0 Å². The van der Waals surface area contributed by atoms with Crippen LogP contribution in [0.15, 0.2) is 48.7 Å². The fourth-order valence-electron chi connectivity index (χ4n) is 3.37. The lowest BCUT2D eigenvalue weighted by Crippen LogP contribution is -2.47. The molecule has 2 aromatic rings. The molecule has 0 bridgehead atoms. The molecule has 0 saturated carbocycles. The van der Waals surface area contributed by atoms with E-state index in [2.05, 4.69) is 29.2 Å².